The number of piperazine rings is 1. The van der Waals surface area contributed by atoms with Crippen LogP contribution in [0.1, 0.15) is 12.5 Å². The molecular weight excluding hydrogens is 364 g/mol. The normalized spacial score (nSPS) is 20.5. The van der Waals surface area contributed by atoms with Crippen molar-refractivity contribution in [3.05, 3.63) is 28.8 Å². The van der Waals surface area contributed by atoms with Crippen molar-refractivity contribution >= 4 is 34.0 Å². The van der Waals surface area contributed by atoms with Crippen LogP contribution in [-0.4, -0.2) is 38.4 Å². The van der Waals surface area contributed by atoms with Crippen molar-refractivity contribution in [1.29, 1.82) is 0 Å². The molecule has 0 saturated carbocycles. The van der Waals surface area contributed by atoms with Gasteiger partial charge in [0, 0.05) is 25.7 Å². The van der Waals surface area contributed by atoms with Gasteiger partial charge in [0.15, 0.2) is 0 Å². The van der Waals surface area contributed by atoms with Gasteiger partial charge in [-0.1, -0.05) is 11.6 Å². The minimum Gasteiger partial charge on any atom is -0.312 e. The van der Waals surface area contributed by atoms with E-state index in [0.29, 0.717) is 12.6 Å². The highest BCUT2D eigenvalue weighted by Gasteiger charge is 2.36. The van der Waals surface area contributed by atoms with Crippen molar-refractivity contribution in [2.45, 2.75) is 24.0 Å². The SMILES string of the molecule is CC1CN(S(=O)(=O)c2ccc(Cl)c(C(F)(F)F)c2)CCN1.Cl. The van der Waals surface area contributed by atoms with E-state index in [2.05, 4.69) is 5.32 Å². The second kappa shape index (κ2) is 6.92. The van der Waals surface area contributed by atoms with Crippen LogP contribution in [0.3, 0.4) is 0 Å². The maximum atomic E-state index is 12.8. The monoisotopic (exact) mass is 378 g/mol. The molecule has 0 spiro atoms. The van der Waals surface area contributed by atoms with E-state index in [9.17, 15) is 21.6 Å². The first-order valence-corrected chi connectivity index (χ1v) is 8.04. The van der Waals surface area contributed by atoms with E-state index < -0.39 is 31.7 Å². The van der Waals surface area contributed by atoms with Crippen molar-refractivity contribution in [1.82, 2.24) is 9.62 Å². The predicted molar refractivity (Wildman–Crippen MR) is 79.9 cm³/mol. The van der Waals surface area contributed by atoms with Crippen LogP contribution in [0.15, 0.2) is 23.1 Å². The Labute approximate surface area is 138 Å². The van der Waals surface area contributed by atoms with Crippen molar-refractivity contribution in [2.24, 2.45) is 0 Å². The topological polar surface area (TPSA) is 49.4 Å². The third kappa shape index (κ3) is 4.05. The van der Waals surface area contributed by atoms with Crippen molar-refractivity contribution < 1.29 is 21.6 Å². The Hall–Kier alpha value is -0.540. The van der Waals surface area contributed by atoms with E-state index in [-0.39, 0.29) is 31.5 Å². The maximum absolute atomic E-state index is 12.8. The van der Waals surface area contributed by atoms with Crippen molar-refractivity contribution in [3.63, 3.8) is 0 Å². The first-order valence-electron chi connectivity index (χ1n) is 6.22. The summed E-state index contributed by atoms with van der Waals surface area (Å²) in [7, 11) is -3.96. The smallest absolute Gasteiger partial charge is 0.312 e. The Balaban J connectivity index is 0.00000242. The van der Waals surface area contributed by atoms with Gasteiger partial charge >= 0.3 is 6.18 Å². The third-order valence-corrected chi connectivity index (χ3v) is 5.40. The number of alkyl halides is 3. The summed E-state index contributed by atoms with van der Waals surface area (Å²) in [6.07, 6.45) is -4.70. The molecule has 0 bridgehead atoms. The number of hydrogen-bond acceptors (Lipinski definition) is 3. The predicted octanol–water partition coefficient (Wildman–Crippen LogP) is 2.76. The van der Waals surface area contributed by atoms with Gasteiger partial charge in [0.2, 0.25) is 10.0 Å². The van der Waals surface area contributed by atoms with Gasteiger partial charge in [0.05, 0.1) is 15.5 Å². The van der Waals surface area contributed by atoms with Gasteiger partial charge in [-0.15, -0.1) is 12.4 Å². The molecule has 1 atom stereocenters. The van der Waals surface area contributed by atoms with Crippen LogP contribution in [0, 0.1) is 0 Å². The van der Waals surface area contributed by atoms with Crippen LogP contribution in [0.5, 0.6) is 0 Å². The third-order valence-electron chi connectivity index (χ3n) is 3.21. The van der Waals surface area contributed by atoms with Gasteiger partial charge < -0.3 is 5.32 Å². The quantitative estimate of drug-likeness (QED) is 0.860. The second-order valence-corrected chi connectivity index (χ2v) is 7.20. The van der Waals surface area contributed by atoms with Crippen LogP contribution in [0.25, 0.3) is 0 Å². The molecular formula is C12H15Cl2F3N2O2S. The summed E-state index contributed by atoms with van der Waals surface area (Å²) in [5.74, 6) is 0. The van der Waals surface area contributed by atoms with E-state index in [1.54, 1.807) is 0 Å². The minimum absolute atomic E-state index is 0. The van der Waals surface area contributed by atoms with E-state index in [4.69, 9.17) is 11.6 Å². The Kier molecular flexibility index (Phi) is 6.14. The summed E-state index contributed by atoms with van der Waals surface area (Å²) < 4.78 is 64.5. The molecule has 0 aromatic heterocycles. The number of halogens is 5. The Bertz CT molecular complexity index is 638. The van der Waals surface area contributed by atoms with Crippen LogP contribution in [0.2, 0.25) is 5.02 Å². The number of hydrogen-bond donors (Lipinski definition) is 1. The lowest BCUT2D eigenvalue weighted by molar-refractivity contribution is -0.137. The van der Waals surface area contributed by atoms with Crippen LogP contribution in [0.4, 0.5) is 13.2 Å². The number of sulfonamides is 1. The molecule has 1 aromatic carbocycles. The van der Waals surface area contributed by atoms with E-state index in [0.717, 1.165) is 12.1 Å². The summed E-state index contributed by atoms with van der Waals surface area (Å²) in [5.41, 5.74) is -1.14. The largest absolute Gasteiger partial charge is 0.417 e. The summed E-state index contributed by atoms with van der Waals surface area (Å²) in [6.45, 7) is 2.70. The molecule has 0 radical (unpaired) electrons. The molecule has 0 aliphatic carbocycles. The highest BCUT2D eigenvalue weighted by atomic mass is 35.5. The average Bonchev–Trinajstić information content (AvgIpc) is 2.37. The summed E-state index contributed by atoms with van der Waals surface area (Å²) in [6, 6.07) is 2.59. The summed E-state index contributed by atoms with van der Waals surface area (Å²) in [4.78, 5) is -0.395. The second-order valence-electron chi connectivity index (χ2n) is 4.86. The van der Waals surface area contributed by atoms with Crippen molar-refractivity contribution in [3.8, 4) is 0 Å². The van der Waals surface area contributed by atoms with Gasteiger partial charge in [0.1, 0.15) is 0 Å². The number of nitrogens with zero attached hydrogens (tertiary/aromatic N) is 1. The van der Waals surface area contributed by atoms with Crippen LogP contribution >= 0.6 is 24.0 Å². The Morgan fingerprint density at radius 3 is 2.55 bits per heavy atom. The zero-order valence-electron chi connectivity index (χ0n) is 11.5. The van der Waals surface area contributed by atoms with Crippen LogP contribution < -0.4 is 5.32 Å². The van der Waals surface area contributed by atoms with E-state index in [1.807, 2.05) is 6.92 Å². The maximum Gasteiger partial charge on any atom is 0.417 e. The van der Waals surface area contributed by atoms with Crippen molar-refractivity contribution in [2.75, 3.05) is 19.6 Å². The van der Waals surface area contributed by atoms with Gasteiger partial charge in [-0.05, 0) is 25.1 Å². The summed E-state index contributed by atoms with van der Waals surface area (Å²) in [5, 5.41) is 2.55. The lowest BCUT2D eigenvalue weighted by Crippen LogP contribution is -2.51. The standard InChI is InChI=1S/C12H14ClF3N2O2S.ClH/c1-8-7-18(5-4-17-8)21(19,20)9-2-3-11(13)10(6-9)12(14,15)16;/h2-3,6,8,17H,4-5,7H2,1H3;1H. The zero-order chi connectivity index (χ0) is 15.8. The molecule has 1 aliphatic rings. The molecule has 1 unspecified atom stereocenters. The average molecular weight is 379 g/mol. The van der Waals surface area contributed by atoms with Gasteiger partial charge in [-0.2, -0.15) is 17.5 Å². The lowest BCUT2D eigenvalue weighted by Gasteiger charge is -2.31. The van der Waals surface area contributed by atoms with E-state index in [1.165, 1.54) is 4.31 Å². The first kappa shape index (κ1) is 19.5. The number of nitrogens with one attached hydrogen (secondary N) is 1. The molecule has 0 amide bonds. The highest BCUT2D eigenvalue weighted by molar-refractivity contribution is 7.89. The molecule has 126 valence electrons. The molecule has 1 fully saturated rings. The molecule has 1 saturated heterocycles. The molecule has 2 rings (SSSR count). The molecule has 1 heterocycles. The fraction of sp³-hybridized carbons (Fsp3) is 0.500. The molecule has 10 heteroatoms. The Morgan fingerprint density at radius 1 is 1.36 bits per heavy atom. The van der Waals surface area contributed by atoms with Crippen LogP contribution in [-0.2, 0) is 16.2 Å². The Morgan fingerprint density at radius 2 is 2.00 bits per heavy atom. The van der Waals surface area contributed by atoms with E-state index >= 15 is 0 Å². The lowest BCUT2D eigenvalue weighted by atomic mass is 10.2. The molecule has 1 aromatic rings. The van der Waals surface area contributed by atoms with Gasteiger partial charge in [-0.3, -0.25) is 0 Å². The molecule has 4 nitrogen and oxygen atoms in total. The van der Waals surface area contributed by atoms with Gasteiger partial charge in [0.25, 0.3) is 0 Å². The first-order chi connectivity index (χ1) is 9.62. The molecule has 1 N–H and O–H groups in total. The minimum atomic E-state index is -4.70. The number of benzene rings is 1. The van der Waals surface area contributed by atoms with Gasteiger partial charge in [-0.25, -0.2) is 8.42 Å². The zero-order valence-corrected chi connectivity index (χ0v) is 13.9. The molecule has 22 heavy (non-hydrogen) atoms. The molecule has 1 aliphatic heterocycles. The fourth-order valence-corrected chi connectivity index (χ4v) is 3.93. The number of rotatable bonds is 2. The highest BCUT2D eigenvalue weighted by Crippen LogP contribution is 2.36. The summed E-state index contributed by atoms with van der Waals surface area (Å²) >= 11 is 5.50. The fourth-order valence-electron chi connectivity index (χ4n) is 2.15.